The van der Waals surface area contributed by atoms with Crippen molar-refractivity contribution in [3.05, 3.63) is 63.2 Å². The van der Waals surface area contributed by atoms with Crippen LogP contribution in [0.2, 0.25) is 0 Å². The quantitative estimate of drug-likeness (QED) is 0.302. The van der Waals surface area contributed by atoms with E-state index in [9.17, 15) is 18.0 Å². The van der Waals surface area contributed by atoms with Gasteiger partial charge in [0.2, 0.25) is 0 Å². The fourth-order valence-electron chi connectivity index (χ4n) is 2.90. The molecular weight excluding hydrogens is 498 g/mol. The van der Waals surface area contributed by atoms with Crippen LogP contribution >= 0.6 is 22.6 Å². The second-order valence-electron chi connectivity index (χ2n) is 6.13. The molecule has 2 aromatic carbocycles. The summed E-state index contributed by atoms with van der Waals surface area (Å²) in [7, 11) is 0. The van der Waals surface area contributed by atoms with Crippen LogP contribution in [0.4, 0.5) is 18.9 Å². The predicted octanol–water partition coefficient (Wildman–Crippen LogP) is 5.77. The highest BCUT2D eigenvalue weighted by Gasteiger charge is 2.33. The molecule has 0 aliphatic carbocycles. The van der Waals surface area contributed by atoms with Gasteiger partial charge in [0.05, 0.1) is 15.7 Å². The van der Waals surface area contributed by atoms with Crippen molar-refractivity contribution in [3.63, 3.8) is 0 Å². The van der Waals surface area contributed by atoms with Crippen LogP contribution in [-0.2, 0) is 11.0 Å². The SMILES string of the molecule is C=CCOc1c(I)cc(/C=C2\C(=O)Nc3cc(C(F)(F)F)ccc32)cc1OCC. The first-order valence-electron chi connectivity index (χ1n) is 8.69. The Labute approximate surface area is 179 Å². The van der Waals surface area contributed by atoms with Crippen LogP contribution in [0.25, 0.3) is 11.6 Å². The first kappa shape index (κ1) is 21.2. The van der Waals surface area contributed by atoms with E-state index in [-0.39, 0.29) is 11.3 Å². The summed E-state index contributed by atoms with van der Waals surface area (Å²) in [4.78, 5) is 12.4. The van der Waals surface area contributed by atoms with Crippen molar-refractivity contribution in [1.29, 1.82) is 0 Å². The van der Waals surface area contributed by atoms with E-state index in [2.05, 4.69) is 34.5 Å². The Kier molecular flexibility index (Phi) is 6.21. The lowest BCUT2D eigenvalue weighted by atomic mass is 10.0. The van der Waals surface area contributed by atoms with Gasteiger partial charge in [0.25, 0.3) is 5.91 Å². The second-order valence-corrected chi connectivity index (χ2v) is 7.30. The van der Waals surface area contributed by atoms with Gasteiger partial charge in [-0.3, -0.25) is 4.79 Å². The Balaban J connectivity index is 2.03. The molecule has 0 aromatic heterocycles. The van der Waals surface area contributed by atoms with Gasteiger partial charge >= 0.3 is 6.18 Å². The van der Waals surface area contributed by atoms with E-state index in [4.69, 9.17) is 9.47 Å². The summed E-state index contributed by atoms with van der Waals surface area (Å²) in [6, 6.07) is 6.75. The summed E-state index contributed by atoms with van der Waals surface area (Å²) in [6.45, 7) is 6.20. The topological polar surface area (TPSA) is 47.6 Å². The van der Waals surface area contributed by atoms with Gasteiger partial charge in [-0.2, -0.15) is 13.2 Å². The van der Waals surface area contributed by atoms with Crippen molar-refractivity contribution >= 4 is 45.8 Å². The third kappa shape index (κ3) is 4.58. The highest BCUT2D eigenvalue weighted by Crippen LogP contribution is 2.40. The maximum absolute atomic E-state index is 12.9. The molecule has 0 spiro atoms. The lowest BCUT2D eigenvalue weighted by Gasteiger charge is -2.14. The van der Waals surface area contributed by atoms with Gasteiger partial charge in [-0.1, -0.05) is 18.7 Å². The van der Waals surface area contributed by atoms with Gasteiger partial charge in [0, 0.05) is 16.8 Å². The van der Waals surface area contributed by atoms with Gasteiger partial charge in [-0.15, -0.1) is 0 Å². The molecule has 1 aliphatic rings. The van der Waals surface area contributed by atoms with Gasteiger partial charge in [0.15, 0.2) is 11.5 Å². The van der Waals surface area contributed by atoms with Crippen LogP contribution in [0.5, 0.6) is 11.5 Å². The summed E-state index contributed by atoms with van der Waals surface area (Å²) < 4.78 is 50.9. The molecule has 1 N–H and O–H groups in total. The van der Waals surface area contributed by atoms with Crippen molar-refractivity contribution < 1.29 is 27.4 Å². The van der Waals surface area contributed by atoms with Crippen LogP contribution in [0.3, 0.4) is 0 Å². The number of anilines is 1. The molecule has 0 fully saturated rings. The number of hydrogen-bond donors (Lipinski definition) is 1. The fraction of sp³-hybridized carbons (Fsp3) is 0.190. The van der Waals surface area contributed by atoms with Crippen molar-refractivity contribution in [1.82, 2.24) is 0 Å². The molecule has 0 unspecified atom stereocenters. The second kappa shape index (κ2) is 8.48. The highest BCUT2D eigenvalue weighted by atomic mass is 127. The molecule has 152 valence electrons. The molecule has 1 heterocycles. The highest BCUT2D eigenvalue weighted by molar-refractivity contribution is 14.1. The summed E-state index contributed by atoms with van der Waals surface area (Å²) >= 11 is 2.10. The average Bonchev–Trinajstić information content (AvgIpc) is 2.95. The molecule has 0 radical (unpaired) electrons. The monoisotopic (exact) mass is 515 g/mol. The van der Waals surface area contributed by atoms with Crippen molar-refractivity contribution in [2.75, 3.05) is 18.5 Å². The molecule has 29 heavy (non-hydrogen) atoms. The third-order valence-electron chi connectivity index (χ3n) is 4.12. The third-order valence-corrected chi connectivity index (χ3v) is 4.92. The smallest absolute Gasteiger partial charge is 0.416 e. The number of benzene rings is 2. The van der Waals surface area contributed by atoms with Gasteiger partial charge < -0.3 is 14.8 Å². The predicted molar refractivity (Wildman–Crippen MR) is 114 cm³/mol. The fourth-order valence-corrected chi connectivity index (χ4v) is 3.68. The Bertz CT molecular complexity index is 999. The molecule has 4 nitrogen and oxygen atoms in total. The first-order valence-corrected chi connectivity index (χ1v) is 9.77. The minimum atomic E-state index is -4.48. The lowest BCUT2D eigenvalue weighted by molar-refractivity contribution is -0.137. The van der Waals surface area contributed by atoms with E-state index in [0.29, 0.717) is 35.8 Å². The van der Waals surface area contributed by atoms with Crippen molar-refractivity contribution in [2.24, 2.45) is 0 Å². The zero-order valence-corrected chi connectivity index (χ0v) is 17.6. The van der Waals surface area contributed by atoms with E-state index in [1.807, 2.05) is 13.0 Å². The number of carbonyl (C=O) groups excluding carboxylic acids is 1. The van der Waals surface area contributed by atoms with Crippen LogP contribution in [0.15, 0.2) is 43.0 Å². The van der Waals surface area contributed by atoms with Crippen LogP contribution in [-0.4, -0.2) is 19.1 Å². The van der Waals surface area contributed by atoms with E-state index >= 15 is 0 Å². The number of carbonyl (C=O) groups is 1. The number of amides is 1. The number of fused-ring (bicyclic) bond motifs is 1. The Hall–Kier alpha value is -2.49. The Morgan fingerprint density at radius 2 is 1.97 bits per heavy atom. The van der Waals surface area contributed by atoms with E-state index in [1.54, 1.807) is 18.2 Å². The molecule has 1 aliphatic heterocycles. The maximum atomic E-state index is 12.9. The summed E-state index contributed by atoms with van der Waals surface area (Å²) in [5.41, 5.74) is 0.702. The molecule has 1 amide bonds. The molecule has 0 bridgehead atoms. The molecule has 3 rings (SSSR count). The van der Waals surface area contributed by atoms with Gasteiger partial charge in [-0.25, -0.2) is 0 Å². The van der Waals surface area contributed by atoms with Crippen LogP contribution in [0.1, 0.15) is 23.6 Å². The number of hydrogen-bond acceptors (Lipinski definition) is 3. The Morgan fingerprint density at radius 1 is 1.21 bits per heavy atom. The Morgan fingerprint density at radius 3 is 2.62 bits per heavy atom. The molecule has 8 heteroatoms. The van der Waals surface area contributed by atoms with E-state index in [1.165, 1.54) is 6.07 Å². The minimum absolute atomic E-state index is 0.141. The standard InChI is InChI=1S/C21H17F3INO3/c1-3-7-29-19-16(25)9-12(10-18(19)28-4-2)8-15-14-6-5-13(21(22,23)24)11-17(14)26-20(15)27/h3,5-6,8-11H,1,4,7H2,2H3,(H,26,27)/b15-8-. The number of rotatable bonds is 6. The average molecular weight is 515 g/mol. The van der Waals surface area contributed by atoms with Gasteiger partial charge in [0.1, 0.15) is 6.61 Å². The molecule has 0 saturated heterocycles. The zero-order valence-electron chi connectivity index (χ0n) is 15.4. The molecule has 0 atom stereocenters. The number of alkyl halides is 3. The number of nitrogens with one attached hydrogen (secondary N) is 1. The zero-order chi connectivity index (χ0) is 21.2. The normalized spacial score (nSPS) is 14.5. The van der Waals surface area contributed by atoms with Crippen LogP contribution < -0.4 is 14.8 Å². The first-order chi connectivity index (χ1) is 13.7. The van der Waals surface area contributed by atoms with E-state index < -0.39 is 17.6 Å². The molecule has 0 saturated carbocycles. The largest absolute Gasteiger partial charge is 0.490 e. The van der Waals surface area contributed by atoms with E-state index in [0.717, 1.165) is 15.7 Å². The lowest BCUT2D eigenvalue weighted by Crippen LogP contribution is -2.06. The van der Waals surface area contributed by atoms with Crippen molar-refractivity contribution in [2.45, 2.75) is 13.1 Å². The number of halogens is 4. The molecule has 2 aromatic rings. The number of ether oxygens (including phenoxy) is 2. The summed E-state index contributed by atoms with van der Waals surface area (Å²) in [6.07, 6.45) is -1.23. The van der Waals surface area contributed by atoms with Crippen molar-refractivity contribution in [3.8, 4) is 11.5 Å². The molecular formula is C21H17F3INO3. The van der Waals surface area contributed by atoms with Gasteiger partial charge in [-0.05, 0) is 65.4 Å². The summed E-state index contributed by atoms with van der Waals surface area (Å²) in [5.74, 6) is 0.624. The summed E-state index contributed by atoms with van der Waals surface area (Å²) in [5, 5.41) is 2.50. The maximum Gasteiger partial charge on any atom is 0.416 e. The van der Waals surface area contributed by atoms with Crippen LogP contribution in [0, 0.1) is 3.57 Å². The minimum Gasteiger partial charge on any atom is -0.490 e.